The second-order valence-electron chi connectivity index (χ2n) is 4.92. The molecule has 1 aliphatic heterocycles. The number of hydrogen-bond acceptors (Lipinski definition) is 4. The summed E-state index contributed by atoms with van der Waals surface area (Å²) in [7, 11) is 0. The van der Waals surface area contributed by atoms with E-state index in [0.29, 0.717) is 19.7 Å². The quantitative estimate of drug-likeness (QED) is 0.874. The normalized spacial score (nSPS) is 18.9. The van der Waals surface area contributed by atoms with E-state index in [2.05, 4.69) is 4.98 Å². The van der Waals surface area contributed by atoms with Crippen molar-refractivity contribution in [2.24, 2.45) is 0 Å². The van der Waals surface area contributed by atoms with E-state index >= 15 is 0 Å². The van der Waals surface area contributed by atoms with Gasteiger partial charge in [-0.1, -0.05) is 6.07 Å². The van der Waals surface area contributed by atoms with Crippen molar-refractivity contribution in [2.45, 2.75) is 25.9 Å². The van der Waals surface area contributed by atoms with Gasteiger partial charge in [-0.2, -0.15) is 0 Å². The number of nitrogens with zero attached hydrogens (tertiary/aromatic N) is 2. The summed E-state index contributed by atoms with van der Waals surface area (Å²) in [6.07, 6.45) is 1.49. The number of carboxylic acids is 1. The first kappa shape index (κ1) is 14.5. The Balaban J connectivity index is 1.91. The molecule has 0 unspecified atom stereocenters. The lowest BCUT2D eigenvalue weighted by Gasteiger charge is -2.32. The number of carbonyl (C=O) groups is 2. The van der Waals surface area contributed by atoms with E-state index in [4.69, 9.17) is 9.84 Å². The van der Waals surface area contributed by atoms with Crippen molar-refractivity contribution in [3.05, 3.63) is 29.6 Å². The molecule has 2 heterocycles. The lowest BCUT2D eigenvalue weighted by Crippen LogP contribution is -2.46. The van der Waals surface area contributed by atoms with Gasteiger partial charge < -0.3 is 14.7 Å². The Morgan fingerprint density at radius 1 is 1.50 bits per heavy atom. The summed E-state index contributed by atoms with van der Waals surface area (Å²) in [6.45, 7) is 3.12. The van der Waals surface area contributed by atoms with Crippen LogP contribution in [-0.4, -0.2) is 52.7 Å². The third-order valence-electron chi connectivity index (χ3n) is 3.22. The van der Waals surface area contributed by atoms with Crippen LogP contribution in [0, 0.1) is 6.92 Å². The Bertz CT molecular complexity index is 486. The Kier molecular flexibility index (Phi) is 4.68. The van der Waals surface area contributed by atoms with E-state index in [-0.39, 0.29) is 18.7 Å². The highest BCUT2D eigenvalue weighted by Gasteiger charge is 2.25. The average Bonchev–Trinajstić information content (AvgIpc) is 2.41. The van der Waals surface area contributed by atoms with E-state index in [0.717, 1.165) is 11.3 Å². The molecular formula is C14H18N2O4. The van der Waals surface area contributed by atoms with Gasteiger partial charge in [-0.15, -0.1) is 0 Å². The van der Waals surface area contributed by atoms with E-state index in [9.17, 15) is 9.59 Å². The number of aliphatic carboxylic acids is 1. The Labute approximate surface area is 117 Å². The largest absolute Gasteiger partial charge is 0.481 e. The first-order chi connectivity index (χ1) is 9.54. The van der Waals surface area contributed by atoms with Gasteiger partial charge in [-0.05, 0) is 18.6 Å². The van der Waals surface area contributed by atoms with E-state index in [1.807, 2.05) is 19.1 Å². The minimum Gasteiger partial charge on any atom is -0.481 e. The summed E-state index contributed by atoms with van der Waals surface area (Å²) in [5, 5.41) is 8.76. The molecule has 1 saturated heterocycles. The zero-order valence-corrected chi connectivity index (χ0v) is 11.4. The third kappa shape index (κ3) is 4.03. The van der Waals surface area contributed by atoms with Gasteiger partial charge in [0.1, 0.15) is 0 Å². The van der Waals surface area contributed by atoms with Gasteiger partial charge in [0.05, 0.1) is 25.6 Å². The van der Waals surface area contributed by atoms with Crippen molar-refractivity contribution < 1.29 is 19.4 Å². The summed E-state index contributed by atoms with van der Waals surface area (Å²) in [4.78, 5) is 28.7. The Morgan fingerprint density at radius 2 is 2.30 bits per heavy atom. The van der Waals surface area contributed by atoms with E-state index in [1.54, 1.807) is 11.1 Å². The fourth-order valence-electron chi connectivity index (χ4n) is 2.15. The number of carbonyl (C=O) groups excluding carboxylic acids is 1. The van der Waals surface area contributed by atoms with Crippen LogP contribution in [0.1, 0.15) is 17.7 Å². The molecule has 108 valence electrons. The van der Waals surface area contributed by atoms with E-state index < -0.39 is 12.1 Å². The fourth-order valence-corrected chi connectivity index (χ4v) is 2.15. The van der Waals surface area contributed by atoms with Crippen LogP contribution in [0.4, 0.5) is 0 Å². The highest BCUT2D eigenvalue weighted by atomic mass is 16.5. The molecule has 0 aliphatic carbocycles. The zero-order chi connectivity index (χ0) is 14.5. The highest BCUT2D eigenvalue weighted by molar-refractivity contribution is 5.79. The van der Waals surface area contributed by atoms with Crippen molar-refractivity contribution in [3.8, 4) is 0 Å². The van der Waals surface area contributed by atoms with Crippen LogP contribution in [0.2, 0.25) is 0 Å². The number of amides is 1. The van der Waals surface area contributed by atoms with Crippen LogP contribution in [0.3, 0.4) is 0 Å². The van der Waals surface area contributed by atoms with Gasteiger partial charge in [0.15, 0.2) is 0 Å². The van der Waals surface area contributed by atoms with Gasteiger partial charge in [0, 0.05) is 25.0 Å². The van der Waals surface area contributed by atoms with E-state index in [1.165, 1.54) is 0 Å². The number of aromatic nitrogens is 1. The predicted molar refractivity (Wildman–Crippen MR) is 71.3 cm³/mol. The molecule has 6 heteroatoms. The number of ether oxygens (including phenoxy) is 1. The summed E-state index contributed by atoms with van der Waals surface area (Å²) in [6, 6.07) is 3.75. The molecule has 0 bridgehead atoms. The maximum Gasteiger partial charge on any atom is 0.306 e. The summed E-state index contributed by atoms with van der Waals surface area (Å²) in [5.41, 5.74) is 1.77. The van der Waals surface area contributed by atoms with Crippen LogP contribution in [0.5, 0.6) is 0 Å². The summed E-state index contributed by atoms with van der Waals surface area (Å²) in [5.74, 6) is -0.929. The number of pyridine rings is 1. The standard InChI is InChI=1S/C14H18N2O4/c1-10-2-3-11(8-15-10)6-13(17)16-4-5-20-12(9-16)7-14(18)19/h2-3,8,12H,4-7,9H2,1H3,(H,18,19)/t12-/m0/s1. The molecular weight excluding hydrogens is 260 g/mol. The molecule has 0 aromatic carbocycles. The molecule has 1 fully saturated rings. The van der Waals surface area contributed by atoms with Crippen LogP contribution >= 0.6 is 0 Å². The lowest BCUT2D eigenvalue weighted by atomic mass is 10.1. The molecule has 1 amide bonds. The second kappa shape index (κ2) is 6.47. The van der Waals surface area contributed by atoms with Crippen molar-refractivity contribution in [3.63, 3.8) is 0 Å². The van der Waals surface area contributed by atoms with Crippen LogP contribution in [0.15, 0.2) is 18.3 Å². The number of carboxylic acid groups (broad SMARTS) is 1. The number of hydrogen-bond donors (Lipinski definition) is 1. The smallest absolute Gasteiger partial charge is 0.306 e. The first-order valence-corrected chi connectivity index (χ1v) is 6.57. The lowest BCUT2D eigenvalue weighted by molar-refractivity contribution is -0.147. The first-order valence-electron chi connectivity index (χ1n) is 6.57. The minimum absolute atomic E-state index is 0.0191. The Hall–Kier alpha value is -1.95. The molecule has 1 aromatic heterocycles. The minimum atomic E-state index is -0.910. The number of aryl methyl sites for hydroxylation is 1. The van der Waals surface area contributed by atoms with Crippen molar-refractivity contribution in [1.82, 2.24) is 9.88 Å². The topological polar surface area (TPSA) is 79.7 Å². The van der Waals surface area contributed by atoms with Crippen molar-refractivity contribution in [2.75, 3.05) is 19.7 Å². The average molecular weight is 278 g/mol. The molecule has 0 saturated carbocycles. The zero-order valence-electron chi connectivity index (χ0n) is 11.4. The summed E-state index contributed by atoms with van der Waals surface area (Å²) < 4.78 is 5.35. The molecule has 1 aromatic rings. The second-order valence-corrected chi connectivity index (χ2v) is 4.92. The molecule has 6 nitrogen and oxygen atoms in total. The molecule has 1 atom stereocenters. The SMILES string of the molecule is Cc1ccc(CC(=O)N2CCO[C@@H](CC(=O)O)C2)cn1. The molecule has 1 aliphatic rings. The highest BCUT2D eigenvalue weighted by Crippen LogP contribution is 2.11. The molecule has 0 radical (unpaired) electrons. The molecule has 1 N–H and O–H groups in total. The number of morpholine rings is 1. The van der Waals surface area contributed by atoms with Gasteiger partial charge in [-0.25, -0.2) is 0 Å². The van der Waals surface area contributed by atoms with Crippen LogP contribution < -0.4 is 0 Å². The van der Waals surface area contributed by atoms with Crippen molar-refractivity contribution >= 4 is 11.9 Å². The fraction of sp³-hybridized carbons (Fsp3) is 0.500. The number of rotatable bonds is 4. The van der Waals surface area contributed by atoms with Crippen LogP contribution in [-0.2, 0) is 20.7 Å². The third-order valence-corrected chi connectivity index (χ3v) is 3.22. The maximum absolute atomic E-state index is 12.2. The van der Waals surface area contributed by atoms with Crippen LogP contribution in [0.25, 0.3) is 0 Å². The summed E-state index contributed by atoms with van der Waals surface area (Å²) >= 11 is 0. The van der Waals surface area contributed by atoms with Gasteiger partial charge in [-0.3, -0.25) is 14.6 Å². The monoisotopic (exact) mass is 278 g/mol. The molecule has 0 spiro atoms. The van der Waals surface area contributed by atoms with Gasteiger partial charge in [0.2, 0.25) is 5.91 Å². The van der Waals surface area contributed by atoms with Crippen molar-refractivity contribution in [1.29, 1.82) is 0 Å². The van der Waals surface area contributed by atoms with Gasteiger partial charge >= 0.3 is 5.97 Å². The molecule has 2 rings (SSSR count). The Morgan fingerprint density at radius 3 is 2.95 bits per heavy atom. The maximum atomic E-state index is 12.2. The molecule has 20 heavy (non-hydrogen) atoms. The van der Waals surface area contributed by atoms with Gasteiger partial charge in [0.25, 0.3) is 0 Å². The predicted octanol–water partition coefficient (Wildman–Crippen LogP) is 0.635.